The van der Waals surface area contributed by atoms with Crippen molar-refractivity contribution in [2.45, 2.75) is 31.2 Å². The second-order valence-electron chi connectivity index (χ2n) is 5.32. The lowest BCUT2D eigenvalue weighted by atomic mass is 9.98. The molecule has 1 amide bonds. The number of benzene rings is 1. The zero-order valence-electron chi connectivity index (χ0n) is 11.4. The predicted molar refractivity (Wildman–Crippen MR) is 75.3 cm³/mol. The Balaban J connectivity index is 1.78. The molecule has 7 heteroatoms. The van der Waals surface area contributed by atoms with Crippen LogP contribution < -0.4 is 11.1 Å². The molecule has 0 aliphatic heterocycles. The quantitative estimate of drug-likeness (QED) is 0.899. The molecule has 1 saturated carbocycles. The topological polar surface area (TPSA) is 85.8 Å². The van der Waals surface area contributed by atoms with Gasteiger partial charge in [0, 0.05) is 5.69 Å². The maximum atomic E-state index is 14.1. The number of hydrogen-bond acceptors (Lipinski definition) is 4. The maximum Gasteiger partial charge on any atom is 0.244 e. The first-order valence-corrected chi connectivity index (χ1v) is 6.83. The summed E-state index contributed by atoms with van der Waals surface area (Å²) in [6, 6.07) is 4.42. The van der Waals surface area contributed by atoms with E-state index < -0.39 is 11.4 Å². The molecule has 0 unspecified atom stereocenters. The van der Waals surface area contributed by atoms with E-state index in [1.54, 1.807) is 6.07 Å². The summed E-state index contributed by atoms with van der Waals surface area (Å²) in [5, 5.41) is 6.56. The molecule has 6 nitrogen and oxygen atoms in total. The Morgan fingerprint density at radius 1 is 1.38 bits per heavy atom. The first-order valence-electron chi connectivity index (χ1n) is 6.83. The lowest BCUT2D eigenvalue weighted by Gasteiger charge is -2.22. The minimum Gasteiger partial charge on any atom is -0.324 e. The average Bonchev–Trinajstić information content (AvgIpc) is 3.11. The van der Waals surface area contributed by atoms with Crippen LogP contribution in [-0.4, -0.2) is 26.2 Å². The number of nitrogens with zero attached hydrogens (tertiary/aromatic N) is 3. The van der Waals surface area contributed by atoms with Crippen LogP contribution in [0.3, 0.4) is 0 Å². The monoisotopic (exact) mass is 289 g/mol. The zero-order chi connectivity index (χ0) is 14.9. The van der Waals surface area contributed by atoms with E-state index >= 15 is 0 Å². The molecular formula is C14H16FN5O. The van der Waals surface area contributed by atoms with Gasteiger partial charge in [-0.2, -0.15) is 5.10 Å². The Labute approximate surface area is 121 Å². The van der Waals surface area contributed by atoms with Crippen LogP contribution in [0.15, 0.2) is 30.9 Å². The molecule has 1 aromatic heterocycles. The molecule has 0 radical (unpaired) electrons. The summed E-state index contributed by atoms with van der Waals surface area (Å²) >= 11 is 0. The van der Waals surface area contributed by atoms with E-state index in [1.807, 2.05) is 0 Å². The Morgan fingerprint density at radius 2 is 2.14 bits per heavy atom. The van der Waals surface area contributed by atoms with Gasteiger partial charge in [-0.15, -0.1) is 0 Å². The van der Waals surface area contributed by atoms with Crippen LogP contribution in [0.1, 0.15) is 25.7 Å². The van der Waals surface area contributed by atoms with Crippen LogP contribution in [0.2, 0.25) is 0 Å². The third-order valence-electron chi connectivity index (χ3n) is 3.82. The highest BCUT2D eigenvalue weighted by Gasteiger charge is 2.37. The minimum atomic E-state index is -0.832. The van der Waals surface area contributed by atoms with E-state index in [0.717, 1.165) is 12.8 Å². The Bertz CT molecular complexity index is 649. The first kappa shape index (κ1) is 13.7. The first-order chi connectivity index (χ1) is 10.1. The van der Waals surface area contributed by atoms with Crippen LogP contribution in [-0.2, 0) is 4.79 Å². The molecule has 0 spiro atoms. The van der Waals surface area contributed by atoms with Gasteiger partial charge >= 0.3 is 0 Å². The van der Waals surface area contributed by atoms with E-state index in [2.05, 4.69) is 15.4 Å². The van der Waals surface area contributed by atoms with Crippen molar-refractivity contribution in [2.24, 2.45) is 5.73 Å². The molecule has 1 heterocycles. The van der Waals surface area contributed by atoms with Crippen molar-refractivity contribution in [1.29, 1.82) is 0 Å². The second kappa shape index (κ2) is 5.25. The number of carbonyl (C=O) groups excluding carboxylic acids is 1. The molecule has 1 aromatic carbocycles. The standard InChI is InChI=1S/C14H16FN5O/c15-11-7-10(3-4-12(11)20-9-17-8-18-20)19-13(21)14(16)5-1-2-6-14/h3-4,7-9H,1-2,5-6,16H2,(H,19,21). The Morgan fingerprint density at radius 3 is 2.76 bits per heavy atom. The van der Waals surface area contributed by atoms with E-state index in [1.165, 1.54) is 29.5 Å². The summed E-state index contributed by atoms with van der Waals surface area (Å²) in [6.45, 7) is 0. The van der Waals surface area contributed by atoms with Gasteiger partial charge in [0.2, 0.25) is 5.91 Å². The smallest absolute Gasteiger partial charge is 0.244 e. The Kier molecular flexibility index (Phi) is 3.42. The van der Waals surface area contributed by atoms with Crippen LogP contribution in [0.5, 0.6) is 0 Å². The molecule has 1 aliphatic carbocycles. The SMILES string of the molecule is NC1(C(=O)Nc2ccc(-n3cncn3)c(F)c2)CCCC1. The summed E-state index contributed by atoms with van der Waals surface area (Å²) < 4.78 is 15.4. The number of nitrogens with two attached hydrogens (primary N) is 1. The third kappa shape index (κ3) is 2.64. The fourth-order valence-electron chi connectivity index (χ4n) is 2.59. The lowest BCUT2D eigenvalue weighted by Crippen LogP contribution is -2.48. The number of nitrogens with one attached hydrogen (secondary N) is 1. The van der Waals surface area contributed by atoms with Gasteiger partial charge in [-0.25, -0.2) is 14.1 Å². The van der Waals surface area contributed by atoms with E-state index in [4.69, 9.17) is 5.73 Å². The van der Waals surface area contributed by atoms with E-state index in [9.17, 15) is 9.18 Å². The molecule has 0 saturated heterocycles. The summed E-state index contributed by atoms with van der Waals surface area (Å²) in [5.41, 5.74) is 5.89. The summed E-state index contributed by atoms with van der Waals surface area (Å²) in [4.78, 5) is 15.9. The summed E-state index contributed by atoms with van der Waals surface area (Å²) in [5.74, 6) is -0.747. The molecule has 1 aliphatic rings. The number of halogens is 1. The van der Waals surface area contributed by atoms with Gasteiger partial charge in [-0.1, -0.05) is 12.8 Å². The maximum absolute atomic E-state index is 14.1. The average molecular weight is 289 g/mol. The zero-order valence-corrected chi connectivity index (χ0v) is 11.4. The van der Waals surface area contributed by atoms with Crippen LogP contribution in [0.25, 0.3) is 5.69 Å². The van der Waals surface area contributed by atoms with Crippen molar-refractivity contribution in [3.63, 3.8) is 0 Å². The van der Waals surface area contributed by atoms with Crippen molar-refractivity contribution in [2.75, 3.05) is 5.32 Å². The predicted octanol–water partition coefficient (Wildman–Crippen LogP) is 1.62. The minimum absolute atomic E-state index is 0.257. The molecule has 2 aromatic rings. The molecule has 110 valence electrons. The van der Waals surface area contributed by atoms with E-state index in [-0.39, 0.29) is 11.6 Å². The van der Waals surface area contributed by atoms with Gasteiger partial charge in [0.1, 0.15) is 18.3 Å². The highest BCUT2D eigenvalue weighted by Crippen LogP contribution is 2.28. The molecule has 0 bridgehead atoms. The number of rotatable bonds is 3. The van der Waals surface area contributed by atoms with Crippen LogP contribution in [0.4, 0.5) is 10.1 Å². The van der Waals surface area contributed by atoms with E-state index in [0.29, 0.717) is 18.5 Å². The van der Waals surface area contributed by atoms with Crippen molar-refractivity contribution in [3.05, 3.63) is 36.7 Å². The van der Waals surface area contributed by atoms with Gasteiger partial charge in [0.05, 0.1) is 5.54 Å². The molecule has 21 heavy (non-hydrogen) atoms. The molecule has 0 atom stereocenters. The highest BCUT2D eigenvalue weighted by atomic mass is 19.1. The number of aromatic nitrogens is 3. The van der Waals surface area contributed by atoms with Crippen LogP contribution in [0, 0.1) is 5.82 Å². The molecule has 3 N–H and O–H groups in total. The summed E-state index contributed by atoms with van der Waals surface area (Å²) in [6.07, 6.45) is 5.96. The van der Waals surface area contributed by atoms with Gasteiger partial charge in [0.25, 0.3) is 0 Å². The van der Waals surface area contributed by atoms with Gasteiger partial charge in [-0.3, -0.25) is 4.79 Å². The van der Waals surface area contributed by atoms with Crippen LogP contribution >= 0.6 is 0 Å². The fraction of sp³-hybridized carbons (Fsp3) is 0.357. The van der Waals surface area contributed by atoms with Gasteiger partial charge < -0.3 is 11.1 Å². The third-order valence-corrected chi connectivity index (χ3v) is 3.82. The fourth-order valence-corrected chi connectivity index (χ4v) is 2.59. The summed E-state index contributed by atoms with van der Waals surface area (Å²) in [7, 11) is 0. The molecular weight excluding hydrogens is 273 g/mol. The lowest BCUT2D eigenvalue weighted by molar-refractivity contribution is -0.121. The number of hydrogen-bond donors (Lipinski definition) is 2. The van der Waals surface area contributed by atoms with Crippen molar-refractivity contribution in [1.82, 2.24) is 14.8 Å². The van der Waals surface area contributed by atoms with Crippen molar-refractivity contribution >= 4 is 11.6 Å². The van der Waals surface area contributed by atoms with Crippen molar-refractivity contribution in [3.8, 4) is 5.69 Å². The largest absolute Gasteiger partial charge is 0.324 e. The second-order valence-corrected chi connectivity index (χ2v) is 5.32. The highest BCUT2D eigenvalue weighted by molar-refractivity contribution is 5.98. The normalized spacial score (nSPS) is 16.9. The number of anilines is 1. The molecule has 1 fully saturated rings. The number of carbonyl (C=O) groups is 1. The van der Waals surface area contributed by atoms with Crippen molar-refractivity contribution < 1.29 is 9.18 Å². The van der Waals surface area contributed by atoms with Gasteiger partial charge in [0.15, 0.2) is 5.82 Å². The number of amides is 1. The molecule has 3 rings (SSSR count). The van der Waals surface area contributed by atoms with Gasteiger partial charge in [-0.05, 0) is 31.0 Å². The Hall–Kier alpha value is -2.28.